The monoisotopic (exact) mass is 345 g/mol. The highest BCUT2D eigenvalue weighted by molar-refractivity contribution is 5.94. The summed E-state index contributed by atoms with van der Waals surface area (Å²) < 4.78 is 5.41. The zero-order valence-corrected chi connectivity index (χ0v) is 15.7. The zero-order chi connectivity index (χ0) is 18.6. The van der Waals surface area contributed by atoms with Gasteiger partial charge >= 0.3 is 6.09 Å². The van der Waals surface area contributed by atoms with Crippen molar-refractivity contribution in [2.24, 2.45) is 0 Å². The van der Waals surface area contributed by atoms with E-state index >= 15 is 0 Å². The molecule has 6 nitrogen and oxygen atoms in total. The molecule has 0 aromatic carbocycles. The summed E-state index contributed by atoms with van der Waals surface area (Å²) >= 11 is 0. The maximum atomic E-state index is 12.1. The van der Waals surface area contributed by atoms with Gasteiger partial charge in [0, 0.05) is 39.6 Å². The third-order valence-corrected chi connectivity index (χ3v) is 3.84. The number of piperidine rings is 1. The van der Waals surface area contributed by atoms with Gasteiger partial charge in [0.15, 0.2) is 0 Å². The number of pyridine rings is 1. The van der Waals surface area contributed by atoms with E-state index in [-0.39, 0.29) is 12.0 Å². The third-order valence-electron chi connectivity index (χ3n) is 3.84. The minimum atomic E-state index is -0.474. The molecule has 2 rings (SSSR count). The summed E-state index contributed by atoms with van der Waals surface area (Å²) in [5, 5.41) is 0. The third kappa shape index (κ3) is 5.59. The fourth-order valence-corrected chi connectivity index (χ4v) is 2.59. The zero-order valence-electron chi connectivity index (χ0n) is 15.7. The highest BCUT2D eigenvalue weighted by atomic mass is 16.6. The van der Waals surface area contributed by atoms with Crippen LogP contribution < -0.4 is 0 Å². The number of hydrogen-bond acceptors (Lipinski definition) is 4. The van der Waals surface area contributed by atoms with Crippen LogP contribution in [0.15, 0.2) is 24.0 Å². The molecule has 0 unspecified atom stereocenters. The van der Waals surface area contributed by atoms with E-state index < -0.39 is 5.60 Å². The number of likely N-dealkylation sites (tertiary alicyclic amines) is 1. The first-order chi connectivity index (χ1) is 11.7. The van der Waals surface area contributed by atoms with Crippen LogP contribution in [0.1, 0.15) is 49.5 Å². The van der Waals surface area contributed by atoms with Crippen molar-refractivity contribution in [3.05, 3.63) is 35.2 Å². The molecule has 1 saturated heterocycles. The fraction of sp³-hybridized carbons (Fsp3) is 0.526. The average molecular weight is 345 g/mol. The molecule has 1 aromatic rings. The number of rotatable bonds is 2. The van der Waals surface area contributed by atoms with Crippen molar-refractivity contribution >= 4 is 18.1 Å². The van der Waals surface area contributed by atoms with E-state index in [1.165, 1.54) is 10.5 Å². The smallest absolute Gasteiger partial charge is 0.410 e. The summed E-state index contributed by atoms with van der Waals surface area (Å²) in [5.41, 5.74) is 2.26. The molecule has 2 amide bonds. The fourth-order valence-electron chi connectivity index (χ4n) is 2.59. The van der Waals surface area contributed by atoms with Gasteiger partial charge in [0.25, 0.3) is 5.91 Å². The van der Waals surface area contributed by atoms with Crippen LogP contribution in [0.25, 0.3) is 6.08 Å². The summed E-state index contributed by atoms with van der Waals surface area (Å²) in [4.78, 5) is 31.6. The Morgan fingerprint density at radius 3 is 2.40 bits per heavy atom. The Hall–Kier alpha value is -2.37. The number of ether oxygens (including phenoxy) is 1. The van der Waals surface area contributed by atoms with Crippen LogP contribution in [0.5, 0.6) is 0 Å². The second-order valence-corrected chi connectivity index (χ2v) is 7.48. The van der Waals surface area contributed by atoms with Crippen LogP contribution >= 0.6 is 0 Å². The molecular weight excluding hydrogens is 318 g/mol. The van der Waals surface area contributed by atoms with Gasteiger partial charge in [-0.2, -0.15) is 0 Å². The predicted octanol–water partition coefficient (Wildman–Crippen LogP) is 3.20. The minimum absolute atomic E-state index is 0.0625. The van der Waals surface area contributed by atoms with E-state index in [0.29, 0.717) is 18.7 Å². The highest BCUT2D eigenvalue weighted by Gasteiger charge is 2.24. The first-order valence-corrected chi connectivity index (χ1v) is 8.50. The van der Waals surface area contributed by atoms with Gasteiger partial charge in [-0.3, -0.25) is 9.78 Å². The van der Waals surface area contributed by atoms with E-state index in [9.17, 15) is 9.59 Å². The maximum absolute atomic E-state index is 12.1. The normalized spacial score (nSPS) is 14.9. The Labute approximate surface area is 149 Å². The summed E-state index contributed by atoms with van der Waals surface area (Å²) in [6.45, 7) is 6.90. The minimum Gasteiger partial charge on any atom is -0.444 e. The summed E-state index contributed by atoms with van der Waals surface area (Å²) in [5.74, 6) is -0.0625. The number of aromatic nitrogens is 1. The maximum Gasteiger partial charge on any atom is 0.410 e. The SMILES string of the molecule is CN(C)C(=O)c1cncc(C=C2CCN(C(=O)OC(C)(C)C)CC2)c1. The Kier molecular flexibility index (Phi) is 5.82. The van der Waals surface area contributed by atoms with Crippen LogP contribution in [-0.2, 0) is 4.74 Å². The largest absolute Gasteiger partial charge is 0.444 e. The lowest BCUT2D eigenvalue weighted by molar-refractivity contribution is 0.0236. The molecule has 2 heterocycles. The molecule has 1 aromatic heterocycles. The molecule has 0 saturated carbocycles. The van der Waals surface area contributed by atoms with Crippen LogP contribution in [-0.4, -0.2) is 59.6 Å². The Morgan fingerprint density at radius 2 is 1.84 bits per heavy atom. The molecule has 136 valence electrons. The van der Waals surface area contributed by atoms with Gasteiger partial charge in [0.1, 0.15) is 5.60 Å². The van der Waals surface area contributed by atoms with Gasteiger partial charge in [0.2, 0.25) is 0 Å². The number of amides is 2. The Bertz CT molecular complexity index is 665. The van der Waals surface area contributed by atoms with Gasteiger partial charge in [-0.25, -0.2) is 4.79 Å². The number of nitrogens with zero attached hydrogens (tertiary/aromatic N) is 3. The lowest BCUT2D eigenvalue weighted by Crippen LogP contribution is -2.40. The lowest BCUT2D eigenvalue weighted by Gasteiger charge is -2.31. The van der Waals surface area contributed by atoms with Crippen molar-refractivity contribution in [2.75, 3.05) is 27.2 Å². The van der Waals surface area contributed by atoms with Gasteiger partial charge < -0.3 is 14.5 Å². The van der Waals surface area contributed by atoms with Crippen LogP contribution in [0.3, 0.4) is 0 Å². The average Bonchev–Trinajstić information content (AvgIpc) is 2.53. The Morgan fingerprint density at radius 1 is 1.20 bits per heavy atom. The van der Waals surface area contributed by atoms with Gasteiger partial charge in [-0.15, -0.1) is 0 Å². The Balaban J connectivity index is 2.00. The van der Waals surface area contributed by atoms with Gasteiger partial charge in [0.05, 0.1) is 5.56 Å². The topological polar surface area (TPSA) is 62.7 Å². The molecular formula is C19H27N3O3. The first-order valence-electron chi connectivity index (χ1n) is 8.50. The first kappa shape index (κ1) is 19.0. The standard InChI is InChI=1S/C19H27N3O3/c1-19(2,3)25-18(24)22-8-6-14(7-9-22)10-15-11-16(13-20-12-15)17(23)21(4)5/h10-13H,6-9H2,1-5H3. The molecule has 6 heteroatoms. The molecule has 0 N–H and O–H groups in total. The van der Waals surface area contributed by atoms with Crippen LogP contribution in [0, 0.1) is 0 Å². The number of carbonyl (C=O) groups is 2. The second-order valence-electron chi connectivity index (χ2n) is 7.48. The molecule has 0 radical (unpaired) electrons. The highest BCUT2D eigenvalue weighted by Crippen LogP contribution is 2.21. The quantitative estimate of drug-likeness (QED) is 0.826. The van der Waals surface area contributed by atoms with E-state index in [1.54, 1.807) is 31.4 Å². The molecule has 1 aliphatic heterocycles. The summed E-state index contributed by atoms with van der Waals surface area (Å²) in [6.07, 6.45) is 6.73. The molecule has 25 heavy (non-hydrogen) atoms. The number of carbonyl (C=O) groups excluding carboxylic acids is 2. The van der Waals surface area contributed by atoms with Crippen LogP contribution in [0.2, 0.25) is 0 Å². The summed E-state index contributed by atoms with van der Waals surface area (Å²) in [6, 6.07) is 1.85. The summed E-state index contributed by atoms with van der Waals surface area (Å²) in [7, 11) is 3.44. The van der Waals surface area contributed by atoms with Gasteiger partial charge in [-0.1, -0.05) is 11.6 Å². The molecule has 1 fully saturated rings. The second kappa shape index (κ2) is 7.68. The number of hydrogen-bond donors (Lipinski definition) is 0. The van der Waals surface area contributed by atoms with Crippen molar-refractivity contribution in [3.8, 4) is 0 Å². The van der Waals surface area contributed by atoms with Crippen molar-refractivity contribution in [1.82, 2.24) is 14.8 Å². The molecule has 0 spiro atoms. The molecule has 0 atom stereocenters. The lowest BCUT2D eigenvalue weighted by atomic mass is 10.0. The van der Waals surface area contributed by atoms with Crippen molar-refractivity contribution in [1.29, 1.82) is 0 Å². The predicted molar refractivity (Wildman–Crippen MR) is 97.3 cm³/mol. The van der Waals surface area contributed by atoms with E-state index in [1.807, 2.05) is 26.8 Å². The van der Waals surface area contributed by atoms with E-state index in [4.69, 9.17) is 4.74 Å². The van der Waals surface area contributed by atoms with E-state index in [0.717, 1.165) is 18.4 Å². The van der Waals surface area contributed by atoms with Crippen molar-refractivity contribution in [2.45, 2.75) is 39.2 Å². The molecule has 0 bridgehead atoms. The molecule has 1 aliphatic rings. The molecule has 0 aliphatic carbocycles. The van der Waals surface area contributed by atoms with Crippen LogP contribution in [0.4, 0.5) is 4.79 Å². The van der Waals surface area contributed by atoms with Gasteiger partial charge in [-0.05, 0) is 45.2 Å². The van der Waals surface area contributed by atoms with Crippen molar-refractivity contribution in [3.63, 3.8) is 0 Å². The van der Waals surface area contributed by atoms with Crippen molar-refractivity contribution < 1.29 is 14.3 Å². The van der Waals surface area contributed by atoms with E-state index in [2.05, 4.69) is 11.1 Å².